The molecule has 2 amide bonds. The Morgan fingerprint density at radius 3 is 2.73 bits per heavy atom. The SMILES string of the molecule is COc1cc(CNC(=O)Nc2ccc(N(C)C)nc2)ccn1. The minimum absolute atomic E-state index is 0.296. The number of urea groups is 1. The number of nitrogens with one attached hydrogen (secondary N) is 2. The number of hydrogen-bond acceptors (Lipinski definition) is 5. The van der Waals surface area contributed by atoms with Crippen LogP contribution in [0.3, 0.4) is 0 Å². The van der Waals surface area contributed by atoms with Crippen molar-refractivity contribution in [2.75, 3.05) is 31.4 Å². The van der Waals surface area contributed by atoms with Crippen LogP contribution in [-0.2, 0) is 6.54 Å². The summed E-state index contributed by atoms with van der Waals surface area (Å²) in [5.41, 5.74) is 1.54. The molecule has 2 N–H and O–H groups in total. The summed E-state index contributed by atoms with van der Waals surface area (Å²) in [4.78, 5) is 22.0. The summed E-state index contributed by atoms with van der Waals surface area (Å²) < 4.78 is 5.04. The molecule has 2 heterocycles. The van der Waals surface area contributed by atoms with Gasteiger partial charge in [0.25, 0.3) is 0 Å². The average Bonchev–Trinajstić information content (AvgIpc) is 2.53. The Morgan fingerprint density at radius 2 is 2.09 bits per heavy atom. The first kappa shape index (κ1) is 15.6. The monoisotopic (exact) mass is 301 g/mol. The molecule has 22 heavy (non-hydrogen) atoms. The van der Waals surface area contributed by atoms with Gasteiger partial charge in [0.15, 0.2) is 0 Å². The molecular weight excluding hydrogens is 282 g/mol. The van der Waals surface area contributed by atoms with E-state index in [2.05, 4.69) is 20.6 Å². The van der Waals surface area contributed by atoms with E-state index in [1.54, 1.807) is 31.6 Å². The summed E-state index contributed by atoms with van der Waals surface area (Å²) in [6.07, 6.45) is 3.25. The number of nitrogens with zero attached hydrogens (tertiary/aromatic N) is 3. The van der Waals surface area contributed by atoms with Crippen molar-refractivity contribution in [2.45, 2.75) is 6.54 Å². The van der Waals surface area contributed by atoms with Crippen LogP contribution in [0.1, 0.15) is 5.56 Å². The summed E-state index contributed by atoms with van der Waals surface area (Å²) in [6.45, 7) is 0.383. The number of anilines is 2. The van der Waals surface area contributed by atoms with Crippen LogP contribution < -0.4 is 20.3 Å². The number of hydrogen-bond donors (Lipinski definition) is 2. The van der Waals surface area contributed by atoms with Gasteiger partial charge < -0.3 is 20.3 Å². The highest BCUT2D eigenvalue weighted by molar-refractivity contribution is 5.89. The topological polar surface area (TPSA) is 79.4 Å². The molecule has 0 saturated heterocycles. The maximum Gasteiger partial charge on any atom is 0.319 e. The number of carbonyl (C=O) groups excluding carboxylic acids is 1. The Morgan fingerprint density at radius 1 is 1.27 bits per heavy atom. The third kappa shape index (κ3) is 4.34. The molecule has 0 bridgehead atoms. The van der Waals surface area contributed by atoms with E-state index < -0.39 is 0 Å². The van der Waals surface area contributed by atoms with Gasteiger partial charge in [-0.15, -0.1) is 0 Å². The number of amides is 2. The molecular formula is C15H19N5O2. The van der Waals surface area contributed by atoms with Crippen LogP contribution >= 0.6 is 0 Å². The van der Waals surface area contributed by atoms with E-state index in [0.29, 0.717) is 18.1 Å². The molecule has 0 aliphatic rings. The van der Waals surface area contributed by atoms with E-state index in [0.717, 1.165) is 11.4 Å². The number of pyridine rings is 2. The molecule has 7 heteroatoms. The van der Waals surface area contributed by atoms with E-state index >= 15 is 0 Å². The van der Waals surface area contributed by atoms with Crippen molar-refractivity contribution in [3.05, 3.63) is 42.2 Å². The van der Waals surface area contributed by atoms with Crippen LogP contribution in [0.15, 0.2) is 36.7 Å². The molecule has 0 aliphatic heterocycles. The van der Waals surface area contributed by atoms with Crippen LogP contribution in [-0.4, -0.2) is 37.2 Å². The molecule has 0 radical (unpaired) electrons. The summed E-state index contributed by atoms with van der Waals surface area (Å²) in [6, 6.07) is 6.93. The van der Waals surface area contributed by atoms with Crippen LogP contribution in [0.25, 0.3) is 0 Å². The second kappa shape index (κ2) is 7.26. The van der Waals surface area contributed by atoms with Crippen molar-refractivity contribution >= 4 is 17.5 Å². The van der Waals surface area contributed by atoms with Gasteiger partial charge >= 0.3 is 6.03 Å². The Hall–Kier alpha value is -2.83. The molecule has 2 aromatic rings. The van der Waals surface area contributed by atoms with Gasteiger partial charge in [-0.2, -0.15) is 0 Å². The van der Waals surface area contributed by atoms with Crippen molar-refractivity contribution in [1.29, 1.82) is 0 Å². The van der Waals surface area contributed by atoms with Crippen LogP contribution in [0.5, 0.6) is 5.88 Å². The number of ether oxygens (including phenoxy) is 1. The van der Waals surface area contributed by atoms with E-state index in [1.807, 2.05) is 31.1 Å². The molecule has 2 aromatic heterocycles. The first-order valence-corrected chi connectivity index (χ1v) is 6.75. The lowest BCUT2D eigenvalue weighted by Gasteiger charge is -2.12. The first-order valence-electron chi connectivity index (χ1n) is 6.75. The highest BCUT2D eigenvalue weighted by Crippen LogP contribution is 2.12. The Labute approximate surface area is 129 Å². The normalized spacial score (nSPS) is 9.95. The van der Waals surface area contributed by atoms with Gasteiger partial charge in [-0.1, -0.05) is 0 Å². The van der Waals surface area contributed by atoms with Gasteiger partial charge in [0.2, 0.25) is 5.88 Å². The molecule has 116 valence electrons. The number of carbonyl (C=O) groups is 1. The lowest BCUT2D eigenvalue weighted by atomic mass is 10.2. The zero-order chi connectivity index (χ0) is 15.9. The Kier molecular flexibility index (Phi) is 5.13. The van der Waals surface area contributed by atoms with E-state index in [1.165, 1.54) is 0 Å². The first-order chi connectivity index (χ1) is 10.6. The maximum atomic E-state index is 11.9. The average molecular weight is 301 g/mol. The molecule has 2 rings (SSSR count). The van der Waals surface area contributed by atoms with Crippen LogP contribution in [0, 0.1) is 0 Å². The minimum Gasteiger partial charge on any atom is -0.481 e. The Balaban J connectivity index is 1.87. The molecule has 0 aliphatic carbocycles. The maximum absolute atomic E-state index is 11.9. The second-order valence-electron chi connectivity index (χ2n) is 4.81. The van der Waals surface area contributed by atoms with Gasteiger partial charge in [0, 0.05) is 32.9 Å². The van der Waals surface area contributed by atoms with Crippen LogP contribution in [0.4, 0.5) is 16.3 Å². The molecule has 0 fully saturated rings. The minimum atomic E-state index is -0.296. The Bertz CT molecular complexity index is 628. The highest BCUT2D eigenvalue weighted by atomic mass is 16.5. The fourth-order valence-corrected chi connectivity index (χ4v) is 1.75. The number of rotatable bonds is 5. The highest BCUT2D eigenvalue weighted by Gasteiger charge is 2.04. The van der Waals surface area contributed by atoms with Crippen molar-refractivity contribution in [2.24, 2.45) is 0 Å². The molecule has 0 unspecified atom stereocenters. The summed E-state index contributed by atoms with van der Waals surface area (Å²) >= 11 is 0. The second-order valence-corrected chi connectivity index (χ2v) is 4.81. The van der Waals surface area contributed by atoms with E-state index in [4.69, 9.17) is 4.74 Å². The third-order valence-corrected chi connectivity index (χ3v) is 2.93. The zero-order valence-corrected chi connectivity index (χ0v) is 12.8. The number of methoxy groups -OCH3 is 1. The van der Waals surface area contributed by atoms with Crippen molar-refractivity contribution in [3.8, 4) is 5.88 Å². The lowest BCUT2D eigenvalue weighted by Crippen LogP contribution is -2.28. The largest absolute Gasteiger partial charge is 0.481 e. The molecule has 0 aromatic carbocycles. The van der Waals surface area contributed by atoms with Crippen molar-refractivity contribution in [3.63, 3.8) is 0 Å². The van der Waals surface area contributed by atoms with E-state index in [9.17, 15) is 4.79 Å². The summed E-state index contributed by atoms with van der Waals surface area (Å²) in [5.74, 6) is 1.35. The molecule has 0 atom stereocenters. The van der Waals surface area contributed by atoms with Crippen LogP contribution in [0.2, 0.25) is 0 Å². The fourth-order valence-electron chi connectivity index (χ4n) is 1.75. The fraction of sp³-hybridized carbons (Fsp3) is 0.267. The third-order valence-electron chi connectivity index (χ3n) is 2.93. The standard InChI is InChI=1S/C15H19N5O2/c1-20(2)13-5-4-12(10-17-13)19-15(21)18-9-11-6-7-16-14(8-11)22-3/h4-8,10H,9H2,1-3H3,(H2,18,19,21). The van der Waals surface area contributed by atoms with Crippen molar-refractivity contribution in [1.82, 2.24) is 15.3 Å². The van der Waals surface area contributed by atoms with E-state index in [-0.39, 0.29) is 6.03 Å². The van der Waals surface area contributed by atoms with Gasteiger partial charge in [0.05, 0.1) is 19.0 Å². The predicted molar refractivity (Wildman–Crippen MR) is 85.2 cm³/mol. The quantitative estimate of drug-likeness (QED) is 0.881. The summed E-state index contributed by atoms with van der Waals surface area (Å²) in [7, 11) is 5.37. The predicted octanol–water partition coefficient (Wildman–Crippen LogP) is 1.87. The van der Waals surface area contributed by atoms with Gasteiger partial charge in [0.1, 0.15) is 5.82 Å². The zero-order valence-electron chi connectivity index (χ0n) is 12.8. The lowest BCUT2D eigenvalue weighted by molar-refractivity contribution is 0.251. The van der Waals surface area contributed by atoms with Gasteiger partial charge in [-0.25, -0.2) is 14.8 Å². The smallest absolute Gasteiger partial charge is 0.319 e. The molecule has 0 spiro atoms. The van der Waals surface area contributed by atoms with Crippen molar-refractivity contribution < 1.29 is 9.53 Å². The number of aromatic nitrogens is 2. The molecule has 7 nitrogen and oxygen atoms in total. The molecule has 0 saturated carbocycles. The summed E-state index contributed by atoms with van der Waals surface area (Å²) in [5, 5.41) is 5.49. The van der Waals surface area contributed by atoms with Gasteiger partial charge in [-0.05, 0) is 23.8 Å². The van der Waals surface area contributed by atoms with Gasteiger partial charge in [-0.3, -0.25) is 0 Å².